The highest BCUT2D eigenvalue weighted by Crippen LogP contribution is 2.56. The van der Waals surface area contributed by atoms with Crippen molar-refractivity contribution in [1.29, 1.82) is 0 Å². The molecule has 0 spiro atoms. The summed E-state index contributed by atoms with van der Waals surface area (Å²) in [6.45, 7) is 5.35. The van der Waals surface area contributed by atoms with Crippen molar-refractivity contribution >= 4 is 22.1 Å². The molecule has 2 atom stereocenters. The van der Waals surface area contributed by atoms with Crippen LogP contribution < -0.4 is 9.80 Å². The average molecular weight is 377 g/mol. The van der Waals surface area contributed by atoms with Gasteiger partial charge in [0.25, 0.3) is 0 Å². The largest absolute Gasteiger partial charge is 0.344 e. The molecule has 1 heterocycles. The Balaban J connectivity index is 1.61. The Bertz CT molecular complexity index is 1150. The summed E-state index contributed by atoms with van der Waals surface area (Å²) in [6, 6.07) is 31.9. The molecule has 2 unspecified atom stereocenters. The molecule has 4 aromatic carbocycles. The first-order valence-electron chi connectivity index (χ1n) is 10.4. The van der Waals surface area contributed by atoms with Gasteiger partial charge in [-0.3, -0.25) is 0 Å². The van der Waals surface area contributed by atoms with Crippen molar-refractivity contribution in [1.82, 2.24) is 0 Å². The van der Waals surface area contributed by atoms with Crippen LogP contribution in [0, 0.1) is 13.8 Å². The Labute approximate surface area is 172 Å². The molecule has 1 saturated heterocycles. The van der Waals surface area contributed by atoms with E-state index in [9.17, 15) is 0 Å². The van der Waals surface area contributed by atoms with Crippen LogP contribution in [-0.4, -0.2) is 6.67 Å². The summed E-state index contributed by atoms with van der Waals surface area (Å²) in [7, 11) is 0. The van der Waals surface area contributed by atoms with Gasteiger partial charge in [0.15, 0.2) is 0 Å². The molecule has 4 aromatic rings. The summed E-state index contributed by atoms with van der Waals surface area (Å²) >= 11 is 0. The summed E-state index contributed by atoms with van der Waals surface area (Å²) in [5.41, 5.74) is 8.26. The van der Waals surface area contributed by atoms with Crippen LogP contribution in [0.15, 0.2) is 84.9 Å². The summed E-state index contributed by atoms with van der Waals surface area (Å²) in [4.78, 5) is 5.22. The lowest BCUT2D eigenvalue weighted by atomic mass is 10.0. The van der Waals surface area contributed by atoms with Gasteiger partial charge in [0.05, 0.1) is 18.8 Å². The van der Waals surface area contributed by atoms with Crippen molar-refractivity contribution in [2.45, 2.75) is 25.9 Å². The van der Waals surface area contributed by atoms with Crippen LogP contribution in [0.3, 0.4) is 0 Å². The summed E-state index contributed by atoms with van der Waals surface area (Å²) in [6.07, 6.45) is 0. The standard InChI is InChI=1S/C27H24N2/c1-18-9-3-5-15-23(18)28-17-29(24-16-6-4-10-19(24)2)27-22-14-8-12-20-11-7-13-21(25(20)22)26(27)28/h3-16,26-27H,17H2,1-2H3. The third-order valence-corrected chi connectivity index (χ3v) is 6.73. The second kappa shape index (κ2) is 6.12. The number of nitrogens with zero attached hydrogens (tertiary/aromatic N) is 2. The minimum atomic E-state index is 0.330. The first-order valence-corrected chi connectivity index (χ1v) is 10.4. The second-order valence-electron chi connectivity index (χ2n) is 8.34. The lowest BCUT2D eigenvalue weighted by molar-refractivity contribution is 0.647. The predicted molar refractivity (Wildman–Crippen MR) is 122 cm³/mol. The smallest absolute Gasteiger partial charge is 0.0917 e. The molecule has 2 aliphatic rings. The van der Waals surface area contributed by atoms with Crippen molar-refractivity contribution < 1.29 is 0 Å². The maximum absolute atomic E-state index is 2.61. The summed E-state index contributed by atoms with van der Waals surface area (Å²) in [5.74, 6) is 0. The van der Waals surface area contributed by atoms with Crippen LogP contribution in [-0.2, 0) is 0 Å². The fourth-order valence-electron chi connectivity index (χ4n) is 5.47. The van der Waals surface area contributed by atoms with Gasteiger partial charge in [-0.1, -0.05) is 72.8 Å². The number of aryl methyl sites for hydroxylation is 2. The van der Waals surface area contributed by atoms with Gasteiger partial charge in [0.2, 0.25) is 0 Å². The molecule has 1 aliphatic heterocycles. The Hall–Kier alpha value is -3.26. The minimum absolute atomic E-state index is 0.330. The normalized spacial score (nSPS) is 19.8. The van der Waals surface area contributed by atoms with Crippen LogP contribution in [0.5, 0.6) is 0 Å². The molecule has 142 valence electrons. The second-order valence-corrected chi connectivity index (χ2v) is 8.34. The van der Waals surface area contributed by atoms with Crippen molar-refractivity contribution in [2.24, 2.45) is 0 Å². The number of anilines is 2. The molecule has 0 radical (unpaired) electrons. The lowest BCUT2D eigenvalue weighted by Crippen LogP contribution is -2.28. The first-order chi connectivity index (χ1) is 14.2. The summed E-state index contributed by atoms with van der Waals surface area (Å²) in [5, 5.41) is 2.80. The van der Waals surface area contributed by atoms with E-state index in [1.54, 1.807) is 0 Å². The van der Waals surface area contributed by atoms with Gasteiger partial charge in [-0.25, -0.2) is 0 Å². The highest BCUT2D eigenvalue weighted by Gasteiger charge is 2.47. The van der Waals surface area contributed by atoms with Crippen molar-refractivity contribution in [3.05, 3.63) is 107 Å². The SMILES string of the molecule is Cc1ccccc1N1CN(c2ccccc2C)C2c3cccc4cccc(c34)C21. The lowest BCUT2D eigenvalue weighted by Gasteiger charge is -2.27. The molecule has 29 heavy (non-hydrogen) atoms. The average Bonchev–Trinajstić information content (AvgIpc) is 3.28. The van der Waals surface area contributed by atoms with Crippen LogP contribution in [0.2, 0.25) is 0 Å². The van der Waals surface area contributed by atoms with E-state index in [2.05, 4.69) is 109 Å². The van der Waals surface area contributed by atoms with Gasteiger partial charge in [-0.15, -0.1) is 0 Å². The highest BCUT2D eigenvalue weighted by atomic mass is 15.4. The molecular formula is C27H24N2. The number of hydrogen-bond acceptors (Lipinski definition) is 2. The molecule has 2 heteroatoms. The first kappa shape index (κ1) is 16.7. The third-order valence-electron chi connectivity index (χ3n) is 6.73. The molecule has 0 amide bonds. The number of rotatable bonds is 2. The fourth-order valence-corrected chi connectivity index (χ4v) is 5.47. The topological polar surface area (TPSA) is 6.48 Å². The molecule has 0 aromatic heterocycles. The zero-order valence-electron chi connectivity index (χ0n) is 16.8. The van der Waals surface area contributed by atoms with Crippen LogP contribution in [0.4, 0.5) is 11.4 Å². The minimum Gasteiger partial charge on any atom is -0.344 e. The van der Waals surface area contributed by atoms with Gasteiger partial charge in [0.1, 0.15) is 0 Å². The van der Waals surface area contributed by atoms with Gasteiger partial charge in [-0.05, 0) is 59.0 Å². The van der Waals surface area contributed by atoms with Gasteiger partial charge >= 0.3 is 0 Å². The Kier molecular flexibility index (Phi) is 3.52. The van der Waals surface area contributed by atoms with E-state index in [-0.39, 0.29) is 0 Å². The number of para-hydroxylation sites is 2. The highest BCUT2D eigenvalue weighted by molar-refractivity contribution is 5.94. The maximum atomic E-state index is 2.61. The third kappa shape index (κ3) is 2.29. The maximum Gasteiger partial charge on any atom is 0.0917 e. The van der Waals surface area contributed by atoms with E-state index >= 15 is 0 Å². The number of fused-ring (bicyclic) bond motifs is 3. The molecule has 1 aliphatic carbocycles. The Morgan fingerprint density at radius 3 is 1.55 bits per heavy atom. The van der Waals surface area contributed by atoms with Gasteiger partial charge < -0.3 is 9.80 Å². The quantitative estimate of drug-likeness (QED) is 0.392. The Morgan fingerprint density at radius 1 is 0.586 bits per heavy atom. The molecule has 0 N–H and O–H groups in total. The van der Waals surface area contributed by atoms with E-state index in [0.717, 1.165) is 6.67 Å². The number of benzene rings is 4. The van der Waals surface area contributed by atoms with Crippen molar-refractivity contribution in [3.8, 4) is 0 Å². The molecule has 1 fully saturated rings. The fraction of sp³-hybridized carbons (Fsp3) is 0.185. The Morgan fingerprint density at radius 2 is 1.07 bits per heavy atom. The van der Waals surface area contributed by atoms with E-state index < -0.39 is 0 Å². The van der Waals surface area contributed by atoms with Crippen LogP contribution in [0.1, 0.15) is 34.3 Å². The van der Waals surface area contributed by atoms with Crippen LogP contribution >= 0.6 is 0 Å². The molecule has 2 nitrogen and oxygen atoms in total. The zero-order chi connectivity index (χ0) is 19.5. The molecule has 6 rings (SSSR count). The molecule has 0 bridgehead atoms. The summed E-state index contributed by atoms with van der Waals surface area (Å²) < 4.78 is 0. The molecule has 0 saturated carbocycles. The predicted octanol–water partition coefficient (Wildman–Crippen LogP) is 6.54. The van der Waals surface area contributed by atoms with Gasteiger partial charge in [0, 0.05) is 11.4 Å². The number of hydrogen-bond donors (Lipinski definition) is 0. The van der Waals surface area contributed by atoms with E-state index in [1.165, 1.54) is 44.4 Å². The molecular weight excluding hydrogens is 352 g/mol. The van der Waals surface area contributed by atoms with E-state index in [0.29, 0.717) is 12.1 Å². The monoisotopic (exact) mass is 376 g/mol. The van der Waals surface area contributed by atoms with E-state index in [1.807, 2.05) is 0 Å². The van der Waals surface area contributed by atoms with Crippen LogP contribution in [0.25, 0.3) is 10.8 Å². The van der Waals surface area contributed by atoms with E-state index in [4.69, 9.17) is 0 Å². The van der Waals surface area contributed by atoms with Gasteiger partial charge in [-0.2, -0.15) is 0 Å². The zero-order valence-corrected chi connectivity index (χ0v) is 16.8. The van der Waals surface area contributed by atoms with Crippen molar-refractivity contribution in [2.75, 3.05) is 16.5 Å². The van der Waals surface area contributed by atoms with Crippen molar-refractivity contribution in [3.63, 3.8) is 0 Å².